The highest BCUT2D eigenvalue weighted by molar-refractivity contribution is 5.94. The summed E-state index contributed by atoms with van der Waals surface area (Å²) in [6.07, 6.45) is 0.301. The van der Waals surface area contributed by atoms with Crippen LogP contribution in [-0.4, -0.2) is 65.2 Å². The van der Waals surface area contributed by atoms with Gasteiger partial charge in [-0.1, -0.05) is 45.4 Å². The van der Waals surface area contributed by atoms with Crippen LogP contribution < -0.4 is 10.6 Å². The molecule has 0 aliphatic carbocycles. The molecule has 0 fully saturated rings. The number of amides is 3. The standard InChI is InChI=1S/C26H41N3O7/c1-9-16(3)21(28-25(34)36-26(5,6)7)24(33)29(17(4)10-2)22(18-13-11-12-14-19(18)30)23(32)27-15-20(31)35-8/h11-14,16-17,21-22,30H,9-10,15H2,1-8H3,(H,27,32)(H,28,34). The number of nitrogens with one attached hydrogen (secondary N) is 2. The Balaban J connectivity index is 3.56. The van der Waals surface area contributed by atoms with E-state index in [0.717, 1.165) is 0 Å². The van der Waals surface area contributed by atoms with Crippen LogP contribution in [0.4, 0.5) is 4.79 Å². The summed E-state index contributed by atoms with van der Waals surface area (Å²) in [4.78, 5) is 53.1. The topological polar surface area (TPSA) is 134 Å². The highest BCUT2D eigenvalue weighted by Crippen LogP contribution is 2.32. The largest absolute Gasteiger partial charge is 0.508 e. The molecule has 0 saturated heterocycles. The molecule has 0 aliphatic heterocycles. The molecule has 0 saturated carbocycles. The third-order valence-electron chi connectivity index (χ3n) is 5.86. The number of carbonyl (C=O) groups excluding carboxylic acids is 4. The molecule has 36 heavy (non-hydrogen) atoms. The van der Waals surface area contributed by atoms with Crippen molar-refractivity contribution in [2.24, 2.45) is 5.92 Å². The number of phenolic OH excluding ortho intramolecular Hbond substituents is 1. The summed E-state index contributed by atoms with van der Waals surface area (Å²) in [6.45, 7) is 12.1. The number of alkyl carbamates (subject to hydrolysis) is 1. The Morgan fingerprint density at radius 3 is 2.17 bits per heavy atom. The number of ether oxygens (including phenoxy) is 2. The fraction of sp³-hybridized carbons (Fsp3) is 0.615. The van der Waals surface area contributed by atoms with Crippen molar-refractivity contribution in [3.8, 4) is 5.75 Å². The summed E-state index contributed by atoms with van der Waals surface area (Å²) >= 11 is 0. The number of benzene rings is 1. The van der Waals surface area contributed by atoms with E-state index >= 15 is 0 Å². The van der Waals surface area contributed by atoms with Crippen molar-refractivity contribution >= 4 is 23.9 Å². The first-order valence-electron chi connectivity index (χ1n) is 12.2. The first-order chi connectivity index (χ1) is 16.8. The molecule has 3 N–H and O–H groups in total. The van der Waals surface area contributed by atoms with Gasteiger partial charge in [0.1, 0.15) is 30.0 Å². The number of nitrogens with zero attached hydrogens (tertiary/aromatic N) is 1. The fourth-order valence-corrected chi connectivity index (χ4v) is 3.54. The van der Waals surface area contributed by atoms with Crippen molar-refractivity contribution in [3.05, 3.63) is 29.8 Å². The lowest BCUT2D eigenvalue weighted by Gasteiger charge is -2.39. The summed E-state index contributed by atoms with van der Waals surface area (Å²) < 4.78 is 9.99. The van der Waals surface area contributed by atoms with Crippen LogP contribution in [0.5, 0.6) is 5.75 Å². The number of carbonyl (C=O) groups is 4. The molecular formula is C26H41N3O7. The number of phenols is 1. The Labute approximate surface area is 213 Å². The van der Waals surface area contributed by atoms with Gasteiger partial charge in [-0.05, 0) is 46.1 Å². The van der Waals surface area contributed by atoms with Crippen molar-refractivity contribution < 1.29 is 33.8 Å². The molecule has 10 nitrogen and oxygen atoms in total. The van der Waals surface area contributed by atoms with Crippen molar-refractivity contribution in [1.82, 2.24) is 15.5 Å². The highest BCUT2D eigenvalue weighted by Gasteiger charge is 2.41. The first-order valence-corrected chi connectivity index (χ1v) is 12.2. The van der Waals surface area contributed by atoms with Gasteiger partial charge < -0.3 is 30.1 Å². The van der Waals surface area contributed by atoms with Crippen molar-refractivity contribution in [2.45, 2.75) is 85.0 Å². The number of hydrogen-bond acceptors (Lipinski definition) is 7. The molecule has 0 radical (unpaired) electrons. The third kappa shape index (κ3) is 8.73. The molecule has 0 heterocycles. The van der Waals surface area contributed by atoms with E-state index in [2.05, 4.69) is 15.4 Å². The number of esters is 1. The van der Waals surface area contributed by atoms with Gasteiger partial charge in [0.25, 0.3) is 0 Å². The van der Waals surface area contributed by atoms with E-state index < -0.39 is 54.1 Å². The Morgan fingerprint density at radius 1 is 1.06 bits per heavy atom. The Kier molecular flexibility index (Phi) is 11.7. The molecule has 10 heteroatoms. The van der Waals surface area contributed by atoms with Crippen LogP contribution in [0.15, 0.2) is 24.3 Å². The van der Waals surface area contributed by atoms with Crippen LogP contribution in [0.25, 0.3) is 0 Å². The van der Waals surface area contributed by atoms with Crippen molar-refractivity contribution in [3.63, 3.8) is 0 Å². The highest BCUT2D eigenvalue weighted by atomic mass is 16.6. The molecule has 0 aliphatic rings. The fourth-order valence-electron chi connectivity index (χ4n) is 3.54. The predicted octanol–water partition coefficient (Wildman–Crippen LogP) is 3.29. The molecule has 202 valence electrons. The van der Waals surface area contributed by atoms with E-state index in [1.54, 1.807) is 45.9 Å². The van der Waals surface area contributed by atoms with Gasteiger partial charge in [0.05, 0.1) is 7.11 Å². The molecule has 1 rings (SSSR count). The van der Waals surface area contributed by atoms with Crippen LogP contribution in [0.1, 0.15) is 72.9 Å². The average molecular weight is 508 g/mol. The Bertz CT molecular complexity index is 913. The maximum atomic E-state index is 14.1. The summed E-state index contributed by atoms with van der Waals surface area (Å²) in [5, 5.41) is 15.8. The van der Waals surface area contributed by atoms with Crippen LogP contribution in [-0.2, 0) is 23.9 Å². The smallest absolute Gasteiger partial charge is 0.408 e. The minimum absolute atomic E-state index is 0.183. The summed E-state index contributed by atoms with van der Waals surface area (Å²) in [5.41, 5.74) is -0.580. The van der Waals surface area contributed by atoms with Gasteiger partial charge in [-0.3, -0.25) is 14.4 Å². The quantitative estimate of drug-likeness (QED) is 0.391. The van der Waals surface area contributed by atoms with Crippen LogP contribution >= 0.6 is 0 Å². The first kappa shape index (κ1) is 30.7. The minimum atomic E-state index is -1.27. The van der Waals surface area contributed by atoms with E-state index in [1.807, 2.05) is 20.8 Å². The molecule has 0 aromatic heterocycles. The lowest BCUT2D eigenvalue weighted by atomic mass is 9.94. The van der Waals surface area contributed by atoms with Gasteiger partial charge in [-0.25, -0.2) is 4.79 Å². The zero-order valence-electron chi connectivity index (χ0n) is 22.6. The lowest BCUT2D eigenvalue weighted by Crippen LogP contribution is -2.57. The monoisotopic (exact) mass is 507 g/mol. The normalized spacial score (nSPS) is 14.6. The van der Waals surface area contributed by atoms with Gasteiger partial charge in [0.15, 0.2) is 0 Å². The molecule has 4 atom stereocenters. The Morgan fingerprint density at radius 2 is 1.67 bits per heavy atom. The molecule has 3 amide bonds. The molecule has 1 aromatic carbocycles. The van der Waals surface area contributed by atoms with Gasteiger partial charge in [0, 0.05) is 11.6 Å². The minimum Gasteiger partial charge on any atom is -0.508 e. The summed E-state index contributed by atoms with van der Waals surface area (Å²) in [7, 11) is 1.20. The van der Waals surface area contributed by atoms with Crippen LogP contribution in [0.2, 0.25) is 0 Å². The second-order valence-corrected chi connectivity index (χ2v) is 9.77. The zero-order valence-corrected chi connectivity index (χ0v) is 22.6. The number of rotatable bonds is 11. The lowest BCUT2D eigenvalue weighted by molar-refractivity contribution is -0.147. The summed E-state index contributed by atoms with van der Waals surface area (Å²) in [6, 6.07) is 3.47. The van der Waals surface area contributed by atoms with Crippen LogP contribution in [0.3, 0.4) is 0 Å². The molecule has 0 bridgehead atoms. The van der Waals surface area contributed by atoms with Gasteiger partial charge in [0.2, 0.25) is 11.8 Å². The second-order valence-electron chi connectivity index (χ2n) is 9.77. The van der Waals surface area contributed by atoms with E-state index in [1.165, 1.54) is 18.1 Å². The maximum absolute atomic E-state index is 14.1. The number of methoxy groups -OCH3 is 1. The second kappa shape index (κ2) is 13.7. The van der Waals surface area contributed by atoms with E-state index in [-0.39, 0.29) is 17.2 Å². The Hall–Kier alpha value is -3.30. The zero-order chi connectivity index (χ0) is 27.6. The third-order valence-corrected chi connectivity index (χ3v) is 5.86. The number of hydrogen-bond donors (Lipinski definition) is 3. The predicted molar refractivity (Wildman–Crippen MR) is 135 cm³/mol. The van der Waals surface area contributed by atoms with Gasteiger partial charge in [-0.2, -0.15) is 0 Å². The van der Waals surface area contributed by atoms with Gasteiger partial charge in [-0.15, -0.1) is 0 Å². The van der Waals surface area contributed by atoms with Crippen LogP contribution in [0, 0.1) is 5.92 Å². The maximum Gasteiger partial charge on any atom is 0.408 e. The van der Waals surface area contributed by atoms with E-state index in [0.29, 0.717) is 12.8 Å². The van der Waals surface area contributed by atoms with E-state index in [9.17, 15) is 24.3 Å². The SMILES string of the molecule is CCC(C)C(NC(=O)OC(C)(C)C)C(=O)N(C(C)CC)C(C(=O)NCC(=O)OC)c1ccccc1O. The van der Waals surface area contributed by atoms with Gasteiger partial charge >= 0.3 is 12.1 Å². The molecular weight excluding hydrogens is 466 g/mol. The average Bonchev–Trinajstić information content (AvgIpc) is 2.82. The van der Waals surface area contributed by atoms with E-state index in [4.69, 9.17) is 4.74 Å². The van der Waals surface area contributed by atoms with Crippen molar-refractivity contribution in [1.29, 1.82) is 0 Å². The number of para-hydroxylation sites is 1. The van der Waals surface area contributed by atoms with Crippen molar-refractivity contribution in [2.75, 3.05) is 13.7 Å². The summed E-state index contributed by atoms with van der Waals surface area (Å²) in [5.74, 6) is -2.32. The molecule has 0 spiro atoms. The molecule has 4 unspecified atom stereocenters. The molecule has 1 aromatic rings. The number of aromatic hydroxyl groups is 1.